The lowest BCUT2D eigenvalue weighted by Crippen LogP contribution is -2.25. The van der Waals surface area contributed by atoms with Gasteiger partial charge < -0.3 is 9.13 Å². The second-order valence-electron chi connectivity index (χ2n) is 20.3. The molecule has 0 atom stereocenters. The van der Waals surface area contributed by atoms with Crippen LogP contribution < -0.4 is 0 Å². The first-order valence-electron chi connectivity index (χ1n) is 26.4. The van der Waals surface area contributed by atoms with Gasteiger partial charge in [-0.25, -0.2) is 0 Å². The summed E-state index contributed by atoms with van der Waals surface area (Å²) < 4.78 is 4.74. The van der Waals surface area contributed by atoms with Crippen molar-refractivity contribution in [2.45, 2.75) is 85.6 Å². The van der Waals surface area contributed by atoms with E-state index in [0.29, 0.717) is 0 Å². The first-order valence-corrected chi connectivity index (χ1v) is 26.4. The van der Waals surface area contributed by atoms with Crippen LogP contribution in [0.15, 0.2) is 200 Å². The number of para-hydroxylation sites is 4. The summed E-state index contributed by atoms with van der Waals surface area (Å²) in [7, 11) is 2.14. The third kappa shape index (κ3) is 7.89. The molecule has 2 nitrogen and oxygen atoms in total. The van der Waals surface area contributed by atoms with Crippen LogP contribution in [0.1, 0.15) is 80.7 Å². The van der Waals surface area contributed by atoms with E-state index in [1.807, 2.05) is 0 Å². The molecule has 0 bridgehead atoms. The molecular weight excluding hydrogens is 869 g/mol. The van der Waals surface area contributed by atoms with Crippen molar-refractivity contribution in [1.82, 2.24) is 9.13 Å². The number of fused-ring (bicyclic) bond motifs is 12. The highest BCUT2D eigenvalue weighted by Gasteiger charge is 2.43. The van der Waals surface area contributed by atoms with E-state index < -0.39 is 0 Å². The van der Waals surface area contributed by atoms with Crippen molar-refractivity contribution in [3.05, 3.63) is 228 Å². The molecule has 0 unspecified atom stereocenters. The average Bonchev–Trinajstić information content (AvgIpc) is 4.00. The molecule has 0 saturated carbocycles. The zero-order valence-corrected chi connectivity index (χ0v) is 43.2. The molecular formula is C70H66N2. The van der Waals surface area contributed by atoms with E-state index in [9.17, 15) is 0 Å². The second kappa shape index (κ2) is 19.5. The number of nitrogens with zero attached hydrogens (tertiary/aromatic N) is 2. The van der Waals surface area contributed by atoms with Crippen LogP contribution in [0.3, 0.4) is 0 Å². The molecule has 2 aromatic heterocycles. The summed E-state index contributed by atoms with van der Waals surface area (Å²) in [4.78, 5) is 0. The first-order chi connectivity index (χ1) is 35.3. The van der Waals surface area contributed by atoms with Crippen LogP contribution >= 0.6 is 0 Å². The van der Waals surface area contributed by atoms with E-state index in [-0.39, 0.29) is 5.41 Å². The maximum absolute atomic E-state index is 2.57. The second-order valence-corrected chi connectivity index (χ2v) is 20.3. The summed E-state index contributed by atoms with van der Waals surface area (Å²) in [5.41, 5.74) is 20.7. The minimum Gasteiger partial charge on any atom is -0.343 e. The average molecular weight is 935 g/mol. The maximum atomic E-state index is 2.57. The highest BCUT2D eigenvalue weighted by atomic mass is 15.0. The topological polar surface area (TPSA) is 9.86 Å². The van der Waals surface area contributed by atoms with Gasteiger partial charge in [0, 0.05) is 51.6 Å². The van der Waals surface area contributed by atoms with Gasteiger partial charge in [0.05, 0.1) is 11.0 Å². The SMILES string of the molecule is CCCC1(CCC)c2cc(C)ccc2-c2c1cc(-c1cccc(-c3cccc4ccccc34)c1)c1ccccc21.CCCn1c2ccccc2c2cccc(C)c21.Cc1cccc2c3ccccc3n(C)c12. The van der Waals surface area contributed by atoms with Gasteiger partial charge in [-0.3, -0.25) is 0 Å². The Balaban J connectivity index is 0.000000142. The number of hydrogen-bond acceptors (Lipinski definition) is 0. The van der Waals surface area contributed by atoms with Crippen LogP contribution in [0.2, 0.25) is 0 Å². The molecule has 0 radical (unpaired) electrons. The largest absolute Gasteiger partial charge is 0.343 e. The van der Waals surface area contributed by atoms with Gasteiger partial charge in [-0.1, -0.05) is 215 Å². The van der Waals surface area contributed by atoms with Crippen LogP contribution in [0, 0.1) is 20.8 Å². The summed E-state index contributed by atoms with van der Waals surface area (Å²) in [5, 5.41) is 10.8. The molecule has 1 aliphatic rings. The van der Waals surface area contributed by atoms with E-state index >= 15 is 0 Å². The Bertz CT molecular complexity index is 3960. The van der Waals surface area contributed by atoms with Gasteiger partial charge in [-0.15, -0.1) is 0 Å². The molecule has 13 rings (SSSR count). The molecule has 12 aromatic rings. The Morgan fingerprint density at radius 3 is 1.64 bits per heavy atom. The molecule has 0 N–H and O–H groups in total. The minimum absolute atomic E-state index is 0.0617. The molecule has 356 valence electrons. The van der Waals surface area contributed by atoms with Crippen molar-refractivity contribution in [1.29, 1.82) is 0 Å². The van der Waals surface area contributed by atoms with Gasteiger partial charge in [0.25, 0.3) is 0 Å². The number of rotatable bonds is 8. The number of hydrogen-bond donors (Lipinski definition) is 0. The molecule has 0 aliphatic heterocycles. The Morgan fingerprint density at radius 2 is 0.931 bits per heavy atom. The van der Waals surface area contributed by atoms with Crippen molar-refractivity contribution in [2.24, 2.45) is 7.05 Å². The van der Waals surface area contributed by atoms with Gasteiger partial charge >= 0.3 is 0 Å². The highest BCUT2D eigenvalue weighted by molar-refractivity contribution is 6.11. The summed E-state index contributed by atoms with van der Waals surface area (Å²) in [5.74, 6) is 0. The smallest absolute Gasteiger partial charge is 0.0521 e. The van der Waals surface area contributed by atoms with Gasteiger partial charge in [-0.2, -0.15) is 0 Å². The fourth-order valence-corrected chi connectivity index (χ4v) is 12.7. The molecule has 2 heterocycles. The van der Waals surface area contributed by atoms with E-state index in [0.717, 1.165) is 6.54 Å². The van der Waals surface area contributed by atoms with Crippen LogP contribution in [-0.2, 0) is 19.0 Å². The zero-order chi connectivity index (χ0) is 49.5. The molecule has 0 spiro atoms. The predicted octanol–water partition coefficient (Wildman–Crippen LogP) is 19.7. The summed E-state index contributed by atoms with van der Waals surface area (Å²) in [6.45, 7) is 14.6. The van der Waals surface area contributed by atoms with Gasteiger partial charge in [0.1, 0.15) is 0 Å². The molecule has 0 fully saturated rings. The fourth-order valence-electron chi connectivity index (χ4n) is 12.7. The summed E-state index contributed by atoms with van der Waals surface area (Å²) >= 11 is 0. The summed E-state index contributed by atoms with van der Waals surface area (Å²) in [6, 6.07) is 73.7. The van der Waals surface area contributed by atoms with Gasteiger partial charge in [0.2, 0.25) is 0 Å². The van der Waals surface area contributed by atoms with Crippen LogP contribution in [0.5, 0.6) is 0 Å². The van der Waals surface area contributed by atoms with E-state index in [2.05, 4.69) is 258 Å². The maximum Gasteiger partial charge on any atom is 0.0521 e. The monoisotopic (exact) mass is 935 g/mol. The number of aromatic nitrogens is 2. The van der Waals surface area contributed by atoms with Gasteiger partial charge in [-0.05, 0) is 141 Å². The van der Waals surface area contributed by atoms with Crippen molar-refractivity contribution >= 4 is 65.2 Å². The standard InChI is InChI=1S/C40H36.C16H17N.C14H13N/c1-4-22-40(23-5-2)37-24-27(3)20-21-35(37)39-34-18-9-8-17-33(34)36(26-38(39)40)30-15-10-14-29(25-30)32-19-11-13-28-12-6-7-16-31(28)32;1-3-11-17-15-10-5-4-8-13(15)14-9-6-7-12(2)16(14)17;1-10-6-5-8-12-11-7-3-4-9-13(11)15(2)14(10)12/h6-21,24-26H,4-5,22-23H2,1-3H3;4-10H,3,11H2,1-2H3;3-9H,1-2H3. The molecule has 2 heteroatoms. The number of benzene rings is 10. The van der Waals surface area contributed by atoms with Crippen LogP contribution in [0.25, 0.3) is 98.5 Å². The van der Waals surface area contributed by atoms with E-state index in [1.54, 1.807) is 0 Å². The summed E-state index contributed by atoms with van der Waals surface area (Å²) in [6.07, 6.45) is 5.87. The molecule has 1 aliphatic carbocycles. The lowest BCUT2D eigenvalue weighted by Gasteiger charge is -2.32. The van der Waals surface area contributed by atoms with Crippen LogP contribution in [0.4, 0.5) is 0 Å². The Hall–Kier alpha value is -7.68. The van der Waals surface area contributed by atoms with E-state index in [1.165, 1.54) is 158 Å². The Morgan fingerprint density at radius 1 is 0.389 bits per heavy atom. The van der Waals surface area contributed by atoms with Crippen molar-refractivity contribution in [3.63, 3.8) is 0 Å². The third-order valence-electron chi connectivity index (χ3n) is 15.7. The molecule has 72 heavy (non-hydrogen) atoms. The quantitative estimate of drug-likeness (QED) is 0.144. The predicted molar refractivity (Wildman–Crippen MR) is 313 cm³/mol. The lowest BCUT2D eigenvalue weighted by molar-refractivity contribution is 0.436. The zero-order valence-electron chi connectivity index (χ0n) is 43.2. The van der Waals surface area contributed by atoms with Crippen molar-refractivity contribution in [3.8, 4) is 33.4 Å². The minimum atomic E-state index is 0.0617. The Labute approximate surface area is 426 Å². The van der Waals surface area contributed by atoms with Gasteiger partial charge in [0.15, 0.2) is 0 Å². The van der Waals surface area contributed by atoms with Crippen LogP contribution in [-0.4, -0.2) is 9.13 Å². The normalized spacial score (nSPS) is 12.5. The van der Waals surface area contributed by atoms with Crippen molar-refractivity contribution in [2.75, 3.05) is 0 Å². The third-order valence-corrected chi connectivity index (χ3v) is 15.7. The molecule has 10 aromatic carbocycles. The van der Waals surface area contributed by atoms with Crippen molar-refractivity contribution < 1.29 is 0 Å². The first kappa shape index (κ1) is 46.7. The lowest BCUT2D eigenvalue weighted by atomic mass is 9.70. The molecule has 0 amide bonds. The molecule has 0 saturated heterocycles. The fraction of sp³-hybridized carbons (Fsp3) is 0.200. The highest BCUT2D eigenvalue weighted by Crippen LogP contribution is 2.57. The Kier molecular flexibility index (Phi) is 12.6. The number of aryl methyl sites for hydroxylation is 5. The van der Waals surface area contributed by atoms with E-state index in [4.69, 9.17) is 0 Å².